The Morgan fingerprint density at radius 2 is 2.29 bits per heavy atom. The number of hydrogen-bond donors (Lipinski definition) is 2. The van der Waals surface area contributed by atoms with Crippen molar-refractivity contribution in [3.8, 4) is 5.75 Å². The standard InChI is InChI=1S/C13H18N2O2/c1-15(13(17)8-14-11-5-6-11)9-10-3-2-4-12(16)7-10/h2-4,7,11,14,16H,5-6,8-9H2,1H3. The number of carbonyl (C=O) groups excluding carboxylic acids is 1. The minimum absolute atomic E-state index is 0.0836. The second kappa shape index (κ2) is 5.19. The fourth-order valence-corrected chi connectivity index (χ4v) is 1.67. The van der Waals surface area contributed by atoms with E-state index in [4.69, 9.17) is 0 Å². The van der Waals surface area contributed by atoms with E-state index in [1.54, 1.807) is 30.1 Å². The van der Waals surface area contributed by atoms with Gasteiger partial charge in [-0.1, -0.05) is 12.1 Å². The summed E-state index contributed by atoms with van der Waals surface area (Å²) >= 11 is 0. The first-order chi connectivity index (χ1) is 8.15. The summed E-state index contributed by atoms with van der Waals surface area (Å²) in [7, 11) is 1.78. The molecule has 17 heavy (non-hydrogen) atoms. The molecule has 1 aliphatic carbocycles. The minimum Gasteiger partial charge on any atom is -0.508 e. The molecular formula is C13H18N2O2. The molecule has 2 rings (SSSR count). The van der Waals surface area contributed by atoms with Gasteiger partial charge in [0.15, 0.2) is 0 Å². The molecule has 1 fully saturated rings. The van der Waals surface area contributed by atoms with Crippen LogP contribution < -0.4 is 5.32 Å². The molecule has 0 unspecified atom stereocenters. The molecule has 0 aromatic heterocycles. The topological polar surface area (TPSA) is 52.6 Å². The summed E-state index contributed by atoms with van der Waals surface area (Å²) in [4.78, 5) is 13.4. The Morgan fingerprint density at radius 1 is 1.53 bits per heavy atom. The summed E-state index contributed by atoms with van der Waals surface area (Å²) in [5.74, 6) is 0.319. The third kappa shape index (κ3) is 3.75. The fourth-order valence-electron chi connectivity index (χ4n) is 1.67. The maximum atomic E-state index is 11.8. The van der Waals surface area contributed by atoms with Crippen molar-refractivity contribution in [1.82, 2.24) is 10.2 Å². The Bertz CT molecular complexity index is 402. The fraction of sp³-hybridized carbons (Fsp3) is 0.462. The summed E-state index contributed by atoms with van der Waals surface area (Å²) in [5.41, 5.74) is 0.937. The lowest BCUT2D eigenvalue weighted by molar-refractivity contribution is -0.129. The van der Waals surface area contributed by atoms with Crippen molar-refractivity contribution in [3.05, 3.63) is 29.8 Å². The molecule has 0 spiro atoms. The molecule has 0 bridgehead atoms. The number of phenols is 1. The average molecular weight is 234 g/mol. The van der Waals surface area contributed by atoms with Crippen LogP contribution in [0.2, 0.25) is 0 Å². The van der Waals surface area contributed by atoms with Gasteiger partial charge >= 0.3 is 0 Å². The van der Waals surface area contributed by atoms with Crippen LogP contribution in [0.15, 0.2) is 24.3 Å². The molecule has 4 nitrogen and oxygen atoms in total. The van der Waals surface area contributed by atoms with Crippen molar-refractivity contribution < 1.29 is 9.90 Å². The largest absolute Gasteiger partial charge is 0.508 e. The van der Waals surface area contributed by atoms with Crippen LogP contribution in [-0.2, 0) is 11.3 Å². The highest BCUT2D eigenvalue weighted by Crippen LogP contribution is 2.18. The van der Waals surface area contributed by atoms with Gasteiger partial charge in [-0.05, 0) is 30.5 Å². The van der Waals surface area contributed by atoms with Crippen molar-refractivity contribution in [2.75, 3.05) is 13.6 Å². The SMILES string of the molecule is CN(Cc1cccc(O)c1)C(=O)CNC1CC1. The van der Waals surface area contributed by atoms with Gasteiger partial charge < -0.3 is 15.3 Å². The smallest absolute Gasteiger partial charge is 0.236 e. The van der Waals surface area contributed by atoms with Crippen LogP contribution in [0, 0.1) is 0 Å². The van der Waals surface area contributed by atoms with Gasteiger partial charge in [0.05, 0.1) is 6.54 Å². The minimum atomic E-state index is 0.0836. The van der Waals surface area contributed by atoms with Crippen molar-refractivity contribution >= 4 is 5.91 Å². The van der Waals surface area contributed by atoms with E-state index in [2.05, 4.69) is 5.32 Å². The highest BCUT2D eigenvalue weighted by Gasteiger charge is 2.21. The van der Waals surface area contributed by atoms with Gasteiger partial charge in [-0.15, -0.1) is 0 Å². The van der Waals surface area contributed by atoms with E-state index in [1.807, 2.05) is 6.07 Å². The molecule has 1 aromatic rings. The van der Waals surface area contributed by atoms with E-state index in [-0.39, 0.29) is 11.7 Å². The van der Waals surface area contributed by atoms with E-state index in [0.29, 0.717) is 19.1 Å². The Labute approximate surface area is 101 Å². The highest BCUT2D eigenvalue weighted by atomic mass is 16.3. The molecule has 0 aliphatic heterocycles. The van der Waals surface area contributed by atoms with E-state index in [9.17, 15) is 9.90 Å². The van der Waals surface area contributed by atoms with Crippen molar-refractivity contribution in [1.29, 1.82) is 0 Å². The van der Waals surface area contributed by atoms with Gasteiger partial charge in [0.25, 0.3) is 0 Å². The molecule has 4 heteroatoms. The lowest BCUT2D eigenvalue weighted by Crippen LogP contribution is -2.35. The monoisotopic (exact) mass is 234 g/mol. The normalized spacial score (nSPS) is 14.6. The average Bonchev–Trinajstić information content (AvgIpc) is 3.09. The number of hydrogen-bond acceptors (Lipinski definition) is 3. The predicted octanol–water partition coefficient (Wildman–Crippen LogP) is 1.10. The molecule has 1 saturated carbocycles. The Morgan fingerprint density at radius 3 is 2.94 bits per heavy atom. The van der Waals surface area contributed by atoms with E-state index >= 15 is 0 Å². The second-order valence-corrected chi connectivity index (χ2v) is 4.57. The Kier molecular flexibility index (Phi) is 3.64. The van der Waals surface area contributed by atoms with E-state index < -0.39 is 0 Å². The quantitative estimate of drug-likeness (QED) is 0.802. The van der Waals surface area contributed by atoms with Gasteiger partial charge in [-0.3, -0.25) is 4.79 Å². The first-order valence-corrected chi connectivity index (χ1v) is 5.90. The van der Waals surface area contributed by atoms with Crippen molar-refractivity contribution in [2.24, 2.45) is 0 Å². The van der Waals surface area contributed by atoms with Crippen LogP contribution in [0.4, 0.5) is 0 Å². The number of rotatable bonds is 5. The number of nitrogens with zero attached hydrogens (tertiary/aromatic N) is 1. The van der Waals surface area contributed by atoms with Gasteiger partial charge in [-0.25, -0.2) is 0 Å². The van der Waals surface area contributed by atoms with Crippen LogP contribution in [0.25, 0.3) is 0 Å². The van der Waals surface area contributed by atoms with Crippen molar-refractivity contribution in [3.63, 3.8) is 0 Å². The molecule has 1 aromatic carbocycles. The number of benzene rings is 1. The van der Waals surface area contributed by atoms with Gasteiger partial charge in [0, 0.05) is 19.6 Å². The Hall–Kier alpha value is -1.55. The third-order valence-electron chi connectivity index (χ3n) is 2.88. The first kappa shape index (κ1) is 11.9. The third-order valence-corrected chi connectivity index (χ3v) is 2.88. The molecule has 92 valence electrons. The van der Waals surface area contributed by atoms with Crippen LogP contribution in [0.1, 0.15) is 18.4 Å². The molecule has 0 atom stereocenters. The van der Waals surface area contributed by atoms with Gasteiger partial charge in [0.1, 0.15) is 5.75 Å². The van der Waals surface area contributed by atoms with Crippen LogP contribution in [0.3, 0.4) is 0 Å². The zero-order chi connectivity index (χ0) is 12.3. The molecule has 2 N–H and O–H groups in total. The van der Waals surface area contributed by atoms with Crippen LogP contribution in [0.5, 0.6) is 5.75 Å². The number of carbonyl (C=O) groups is 1. The Balaban J connectivity index is 1.82. The molecule has 0 saturated heterocycles. The summed E-state index contributed by atoms with van der Waals surface area (Å²) in [6.45, 7) is 0.930. The molecular weight excluding hydrogens is 216 g/mol. The second-order valence-electron chi connectivity index (χ2n) is 4.57. The van der Waals surface area contributed by atoms with E-state index in [1.165, 1.54) is 12.8 Å². The zero-order valence-corrected chi connectivity index (χ0v) is 10.0. The summed E-state index contributed by atoms with van der Waals surface area (Å²) in [6.07, 6.45) is 2.37. The highest BCUT2D eigenvalue weighted by molar-refractivity contribution is 5.78. The van der Waals surface area contributed by atoms with E-state index in [0.717, 1.165) is 5.56 Å². The van der Waals surface area contributed by atoms with Gasteiger partial charge in [-0.2, -0.15) is 0 Å². The maximum absolute atomic E-state index is 11.8. The zero-order valence-electron chi connectivity index (χ0n) is 10.0. The van der Waals surface area contributed by atoms with Crippen LogP contribution >= 0.6 is 0 Å². The predicted molar refractivity (Wildman–Crippen MR) is 65.6 cm³/mol. The summed E-state index contributed by atoms with van der Waals surface area (Å²) in [5, 5.41) is 12.5. The number of nitrogens with one attached hydrogen (secondary N) is 1. The molecule has 1 aliphatic rings. The number of aromatic hydroxyl groups is 1. The lowest BCUT2D eigenvalue weighted by Gasteiger charge is -2.17. The molecule has 1 amide bonds. The number of phenolic OH excluding ortho intramolecular Hbond substituents is 1. The summed E-state index contributed by atoms with van der Waals surface area (Å²) in [6, 6.07) is 7.54. The van der Waals surface area contributed by atoms with Gasteiger partial charge in [0.2, 0.25) is 5.91 Å². The molecule has 0 heterocycles. The maximum Gasteiger partial charge on any atom is 0.236 e. The number of likely N-dealkylation sites (N-methyl/N-ethyl adjacent to an activating group) is 1. The van der Waals surface area contributed by atoms with Crippen molar-refractivity contribution in [2.45, 2.75) is 25.4 Å². The summed E-state index contributed by atoms with van der Waals surface area (Å²) < 4.78 is 0. The lowest BCUT2D eigenvalue weighted by atomic mass is 10.2. The first-order valence-electron chi connectivity index (χ1n) is 5.90. The molecule has 0 radical (unpaired) electrons. The number of amides is 1. The van der Waals surface area contributed by atoms with Crippen LogP contribution in [-0.4, -0.2) is 35.5 Å².